The van der Waals surface area contributed by atoms with Crippen LogP contribution in [0.5, 0.6) is 0 Å². The minimum atomic E-state index is -2.46. The summed E-state index contributed by atoms with van der Waals surface area (Å²) in [4.78, 5) is 16.4. The molecule has 0 radical (unpaired) electrons. The largest absolute Gasteiger partial charge is 0.346 e. The minimum absolute atomic E-state index is 0.260. The monoisotopic (exact) mass is 294 g/mol. The first-order valence-electron chi connectivity index (χ1n) is 5.88. The number of hydrogen-bond donors (Lipinski definition) is 1. The lowest BCUT2D eigenvalue weighted by Crippen LogP contribution is -2.23. The number of hydrogen-bond acceptors (Lipinski definition) is 3. The quantitative estimate of drug-likeness (QED) is 0.860. The molecule has 0 saturated heterocycles. The zero-order valence-electron chi connectivity index (χ0n) is 10.4. The Bertz CT molecular complexity index is 561. The Morgan fingerprint density at radius 1 is 1.20 bits per heavy atom. The van der Waals surface area contributed by atoms with Gasteiger partial charge in [-0.1, -0.05) is 17.8 Å². The maximum atomic E-state index is 12.2. The molecule has 0 aliphatic rings. The molecular formula is C14H12F2N2OS. The van der Waals surface area contributed by atoms with Gasteiger partial charge in [-0.05, 0) is 36.4 Å². The molecule has 0 atom stereocenters. The molecule has 1 aromatic heterocycles. The van der Waals surface area contributed by atoms with Gasteiger partial charge in [0.05, 0.1) is 12.2 Å². The number of carbonyl (C=O) groups is 1. The molecule has 1 heterocycles. The summed E-state index contributed by atoms with van der Waals surface area (Å²) in [5.41, 5.74) is 1.19. The van der Waals surface area contributed by atoms with Crippen LogP contribution in [0.2, 0.25) is 0 Å². The van der Waals surface area contributed by atoms with E-state index in [-0.39, 0.29) is 5.91 Å². The lowest BCUT2D eigenvalue weighted by Gasteiger charge is -2.05. The van der Waals surface area contributed by atoms with Crippen LogP contribution in [0.25, 0.3) is 0 Å². The van der Waals surface area contributed by atoms with E-state index in [1.807, 2.05) is 12.1 Å². The van der Waals surface area contributed by atoms with Gasteiger partial charge in [-0.25, -0.2) is 0 Å². The average molecular weight is 294 g/mol. The van der Waals surface area contributed by atoms with Crippen LogP contribution in [0.1, 0.15) is 16.1 Å². The van der Waals surface area contributed by atoms with E-state index in [0.29, 0.717) is 28.8 Å². The number of aromatic nitrogens is 1. The highest BCUT2D eigenvalue weighted by atomic mass is 32.2. The van der Waals surface area contributed by atoms with Gasteiger partial charge in [0.2, 0.25) is 0 Å². The highest BCUT2D eigenvalue weighted by molar-refractivity contribution is 7.99. The maximum absolute atomic E-state index is 12.2. The minimum Gasteiger partial charge on any atom is -0.346 e. The van der Waals surface area contributed by atoms with Crippen LogP contribution in [0, 0.1) is 0 Å². The van der Waals surface area contributed by atoms with Crippen LogP contribution in [-0.2, 0) is 6.54 Å². The number of pyridine rings is 1. The molecule has 0 unspecified atom stereocenters. The molecule has 20 heavy (non-hydrogen) atoms. The first-order valence-corrected chi connectivity index (χ1v) is 6.76. The SMILES string of the molecule is O=C(NCc1ccccn1)c1ccc(SC(F)F)cc1. The molecule has 0 bridgehead atoms. The first kappa shape index (κ1) is 14.5. The van der Waals surface area contributed by atoms with Crippen LogP contribution >= 0.6 is 11.8 Å². The third-order valence-electron chi connectivity index (χ3n) is 2.50. The Kier molecular flexibility index (Phi) is 5.06. The molecule has 1 N–H and O–H groups in total. The molecule has 6 heteroatoms. The van der Waals surface area contributed by atoms with Crippen LogP contribution in [0.3, 0.4) is 0 Å². The van der Waals surface area contributed by atoms with Gasteiger partial charge in [-0.15, -0.1) is 0 Å². The molecule has 3 nitrogen and oxygen atoms in total. The van der Waals surface area contributed by atoms with Gasteiger partial charge in [0.1, 0.15) is 0 Å². The molecular weight excluding hydrogens is 282 g/mol. The van der Waals surface area contributed by atoms with E-state index in [1.54, 1.807) is 12.3 Å². The van der Waals surface area contributed by atoms with Crippen LogP contribution in [0.15, 0.2) is 53.6 Å². The highest BCUT2D eigenvalue weighted by Crippen LogP contribution is 2.25. The summed E-state index contributed by atoms with van der Waals surface area (Å²) in [7, 11) is 0. The van der Waals surface area contributed by atoms with Crippen molar-refractivity contribution in [2.45, 2.75) is 17.2 Å². The topological polar surface area (TPSA) is 42.0 Å². The van der Waals surface area contributed by atoms with Crippen LogP contribution < -0.4 is 5.32 Å². The number of amides is 1. The summed E-state index contributed by atoms with van der Waals surface area (Å²) >= 11 is 0.454. The van der Waals surface area contributed by atoms with E-state index in [9.17, 15) is 13.6 Å². The summed E-state index contributed by atoms with van der Waals surface area (Å²) in [6.45, 7) is 0.327. The summed E-state index contributed by atoms with van der Waals surface area (Å²) in [5.74, 6) is -2.72. The van der Waals surface area contributed by atoms with Crippen molar-refractivity contribution in [3.8, 4) is 0 Å². The Hall–Kier alpha value is -1.95. The number of carbonyl (C=O) groups excluding carboxylic acids is 1. The summed E-state index contributed by atoms with van der Waals surface area (Å²) in [6, 6.07) is 11.5. The van der Waals surface area contributed by atoms with Crippen molar-refractivity contribution < 1.29 is 13.6 Å². The van der Waals surface area contributed by atoms with Gasteiger partial charge in [0.25, 0.3) is 11.7 Å². The fourth-order valence-electron chi connectivity index (χ4n) is 1.56. The van der Waals surface area contributed by atoms with E-state index in [2.05, 4.69) is 10.3 Å². The third-order valence-corrected chi connectivity index (χ3v) is 3.22. The van der Waals surface area contributed by atoms with Crippen molar-refractivity contribution >= 4 is 17.7 Å². The van der Waals surface area contributed by atoms with Crippen LogP contribution in [0.4, 0.5) is 8.78 Å². The van der Waals surface area contributed by atoms with Crippen molar-refractivity contribution in [1.29, 1.82) is 0 Å². The molecule has 0 saturated carbocycles. The second-order valence-electron chi connectivity index (χ2n) is 3.91. The smallest absolute Gasteiger partial charge is 0.288 e. The molecule has 1 aromatic carbocycles. The zero-order chi connectivity index (χ0) is 14.4. The number of thioether (sulfide) groups is 1. The summed E-state index contributed by atoms with van der Waals surface area (Å²) in [5, 5.41) is 2.72. The lowest BCUT2D eigenvalue weighted by molar-refractivity contribution is 0.0950. The molecule has 0 spiro atoms. The Labute approximate surface area is 119 Å². The number of nitrogens with one attached hydrogen (secondary N) is 1. The van der Waals surface area contributed by atoms with Crippen molar-refractivity contribution in [1.82, 2.24) is 10.3 Å². The molecule has 0 fully saturated rings. The number of rotatable bonds is 5. The van der Waals surface area contributed by atoms with E-state index in [1.165, 1.54) is 24.3 Å². The summed E-state index contributed by atoms with van der Waals surface area (Å²) < 4.78 is 24.3. The first-order chi connectivity index (χ1) is 9.65. The van der Waals surface area contributed by atoms with E-state index in [4.69, 9.17) is 0 Å². The normalized spacial score (nSPS) is 10.6. The van der Waals surface area contributed by atoms with Gasteiger partial charge < -0.3 is 5.32 Å². The molecule has 0 aliphatic carbocycles. The van der Waals surface area contributed by atoms with Crippen LogP contribution in [-0.4, -0.2) is 16.6 Å². The van der Waals surface area contributed by atoms with E-state index >= 15 is 0 Å². The fourth-order valence-corrected chi connectivity index (χ4v) is 2.06. The average Bonchev–Trinajstić information content (AvgIpc) is 2.46. The maximum Gasteiger partial charge on any atom is 0.288 e. The second-order valence-corrected chi connectivity index (χ2v) is 4.97. The van der Waals surface area contributed by atoms with E-state index < -0.39 is 5.76 Å². The third kappa shape index (κ3) is 4.31. The summed E-state index contributed by atoms with van der Waals surface area (Å²) in [6.07, 6.45) is 1.65. The van der Waals surface area contributed by atoms with Gasteiger partial charge >= 0.3 is 0 Å². The molecule has 2 aromatic rings. The molecule has 0 aliphatic heterocycles. The molecule has 2 rings (SSSR count). The van der Waals surface area contributed by atoms with Gasteiger partial charge in [0, 0.05) is 16.7 Å². The zero-order valence-corrected chi connectivity index (χ0v) is 11.2. The van der Waals surface area contributed by atoms with Crippen molar-refractivity contribution in [2.75, 3.05) is 0 Å². The number of nitrogens with zero attached hydrogens (tertiary/aromatic N) is 1. The van der Waals surface area contributed by atoms with E-state index in [0.717, 1.165) is 5.69 Å². The number of benzene rings is 1. The predicted molar refractivity (Wildman–Crippen MR) is 73.7 cm³/mol. The van der Waals surface area contributed by atoms with Crippen molar-refractivity contribution in [3.63, 3.8) is 0 Å². The second kappa shape index (κ2) is 7.00. The highest BCUT2D eigenvalue weighted by Gasteiger charge is 2.08. The van der Waals surface area contributed by atoms with Crippen molar-refractivity contribution in [2.24, 2.45) is 0 Å². The standard InChI is InChI=1S/C14H12F2N2OS/c15-14(16)20-12-6-4-10(5-7-12)13(19)18-9-11-3-1-2-8-17-11/h1-8,14H,9H2,(H,18,19). The lowest BCUT2D eigenvalue weighted by atomic mass is 10.2. The Balaban J connectivity index is 1.92. The van der Waals surface area contributed by atoms with Crippen molar-refractivity contribution in [3.05, 3.63) is 59.9 Å². The van der Waals surface area contributed by atoms with Gasteiger partial charge in [0.15, 0.2) is 0 Å². The molecule has 1 amide bonds. The Morgan fingerprint density at radius 2 is 1.95 bits per heavy atom. The van der Waals surface area contributed by atoms with Gasteiger partial charge in [-0.2, -0.15) is 8.78 Å². The van der Waals surface area contributed by atoms with Gasteiger partial charge in [-0.3, -0.25) is 9.78 Å². The fraction of sp³-hybridized carbons (Fsp3) is 0.143. The molecule has 104 valence electrons. The number of alkyl halides is 2. The number of halogens is 2. The predicted octanol–water partition coefficient (Wildman–Crippen LogP) is 3.33. The Morgan fingerprint density at radius 3 is 2.55 bits per heavy atom.